The molecule has 1 atom stereocenters. The molecular formula is C31H34F4N2O6S. The van der Waals surface area contributed by atoms with Crippen molar-refractivity contribution in [1.82, 2.24) is 0 Å². The molecule has 8 nitrogen and oxygen atoms in total. The van der Waals surface area contributed by atoms with Crippen LogP contribution < -0.4 is 10.4 Å². The number of ether oxygens (including phenoxy) is 2. The number of halogens is 4. The summed E-state index contributed by atoms with van der Waals surface area (Å²) < 4.78 is 55.8. The summed E-state index contributed by atoms with van der Waals surface area (Å²) in [6.07, 6.45) is -1.83. The highest BCUT2D eigenvalue weighted by Gasteiger charge is 2.47. The molecule has 13 heteroatoms. The van der Waals surface area contributed by atoms with Gasteiger partial charge in [-0.05, 0) is 41.3 Å². The van der Waals surface area contributed by atoms with E-state index in [-0.39, 0.29) is 23.9 Å². The number of hydrogen-bond donors (Lipinski definition) is 1. The van der Waals surface area contributed by atoms with E-state index >= 15 is 0 Å². The minimum Gasteiger partial charge on any atom is -0.542 e. The van der Waals surface area contributed by atoms with Gasteiger partial charge in [0.15, 0.2) is 6.10 Å². The number of nitrogens with zero attached hydrogens (tertiary/aromatic N) is 1. The molecule has 0 unspecified atom stereocenters. The summed E-state index contributed by atoms with van der Waals surface area (Å²) in [5.41, 5.74) is 2.91. The average Bonchev–Trinajstić information content (AvgIpc) is 3.45. The molecule has 1 aromatic heterocycles. The Kier molecular flexibility index (Phi) is 12.3. The smallest absolute Gasteiger partial charge is 0.430 e. The van der Waals surface area contributed by atoms with E-state index in [4.69, 9.17) is 19.4 Å². The number of anilines is 2. The molecule has 2 bridgehead atoms. The number of carboxylic acid groups (broad SMARTS) is 1. The summed E-state index contributed by atoms with van der Waals surface area (Å²) in [5.74, 6) is -3.11. The number of benzene rings is 2. The van der Waals surface area contributed by atoms with Crippen LogP contribution in [-0.4, -0.2) is 68.0 Å². The lowest BCUT2D eigenvalue weighted by Gasteiger charge is -2.52. The second-order valence-electron chi connectivity index (χ2n) is 10.5. The number of nitrogens with one attached hydrogen (secondary N) is 1. The van der Waals surface area contributed by atoms with E-state index in [1.165, 1.54) is 56.2 Å². The predicted molar refractivity (Wildman–Crippen MR) is 155 cm³/mol. The molecule has 44 heavy (non-hydrogen) atoms. The number of aliphatic carboxylic acids is 1. The van der Waals surface area contributed by atoms with Gasteiger partial charge < -0.3 is 29.2 Å². The zero-order chi connectivity index (χ0) is 32.3. The first-order chi connectivity index (χ1) is 20.8. The van der Waals surface area contributed by atoms with E-state index in [9.17, 15) is 27.2 Å². The summed E-state index contributed by atoms with van der Waals surface area (Å²) in [6.45, 7) is 5.87. The Morgan fingerprint density at radius 2 is 1.64 bits per heavy atom. The minimum absolute atomic E-state index is 0.0956. The molecule has 6 rings (SSSR count). The standard InChI is InChI=1S/C17H23FNO2.C12H11NO2S.C2HF3O2/c1-13(20)21-17-12-19(10-7-15(17)8-11-19)9-6-14-2-4-16(18)5-3-14;1-15-12(14)11-10(7-8-16-11)13-9-5-3-2-4-6-9;3-2(4,5)1(6)7/h2-5,15,17H,6-12H2,1H3;2-8,13H,1H3;(H,6,7)/q+1;;/p-1/t15?,17-,19?;;/m0../s1. The SMILES string of the molecule is CC(=O)O[C@H]1C[N+]2(CCc3ccc(F)cc3)CCC1CC2.COC(=O)c1sccc1Nc1ccccc1.O=C([O-])C(F)(F)F. The Morgan fingerprint density at radius 1 is 1.02 bits per heavy atom. The maximum absolute atomic E-state index is 12.9. The van der Waals surface area contributed by atoms with Crippen LogP contribution in [0.4, 0.5) is 28.9 Å². The van der Waals surface area contributed by atoms with Gasteiger partial charge in [-0.15, -0.1) is 11.3 Å². The fourth-order valence-electron chi connectivity index (χ4n) is 5.24. The number of hydrogen-bond acceptors (Lipinski definition) is 8. The molecule has 2 aromatic carbocycles. The molecule has 3 aromatic rings. The van der Waals surface area contributed by atoms with Crippen molar-refractivity contribution in [3.63, 3.8) is 0 Å². The molecule has 4 heterocycles. The molecule has 238 valence electrons. The van der Waals surface area contributed by atoms with Gasteiger partial charge in [-0.2, -0.15) is 13.2 Å². The number of fused-ring (bicyclic) bond motifs is 3. The molecule has 3 aliphatic heterocycles. The summed E-state index contributed by atoms with van der Waals surface area (Å²) in [5, 5.41) is 13.8. The Morgan fingerprint density at radius 3 is 2.18 bits per heavy atom. The van der Waals surface area contributed by atoms with Gasteiger partial charge in [-0.25, -0.2) is 9.18 Å². The highest BCUT2D eigenvalue weighted by Crippen LogP contribution is 2.36. The maximum atomic E-state index is 12.9. The second-order valence-corrected chi connectivity index (χ2v) is 11.4. The molecule has 0 saturated carbocycles. The molecule has 0 amide bonds. The van der Waals surface area contributed by atoms with E-state index in [0.29, 0.717) is 10.8 Å². The lowest BCUT2D eigenvalue weighted by Crippen LogP contribution is -2.64. The van der Waals surface area contributed by atoms with Crippen molar-refractivity contribution in [2.45, 2.75) is 38.5 Å². The van der Waals surface area contributed by atoms with Crippen LogP contribution in [0.15, 0.2) is 66.0 Å². The third-order valence-corrected chi connectivity index (χ3v) is 8.36. The normalized spacial score (nSPS) is 20.2. The summed E-state index contributed by atoms with van der Waals surface area (Å²) in [7, 11) is 1.38. The number of methoxy groups -OCH3 is 1. The Hall–Kier alpha value is -3.97. The quantitative estimate of drug-likeness (QED) is 0.218. The number of piperidine rings is 3. The van der Waals surface area contributed by atoms with E-state index in [1.54, 1.807) is 0 Å². The minimum atomic E-state index is -5.19. The van der Waals surface area contributed by atoms with Gasteiger partial charge >= 0.3 is 18.1 Å². The highest BCUT2D eigenvalue weighted by molar-refractivity contribution is 7.12. The number of carboxylic acids is 1. The Bertz CT molecular complexity index is 1370. The second kappa shape index (κ2) is 15.7. The number of carbonyl (C=O) groups excluding carboxylic acids is 3. The van der Waals surface area contributed by atoms with Crippen LogP contribution in [0.25, 0.3) is 0 Å². The summed E-state index contributed by atoms with van der Waals surface area (Å²) in [6, 6.07) is 18.4. The van der Waals surface area contributed by atoms with E-state index in [0.717, 1.165) is 48.2 Å². The van der Waals surface area contributed by atoms with Crippen molar-refractivity contribution in [3.05, 3.63) is 82.3 Å². The average molecular weight is 639 g/mol. The highest BCUT2D eigenvalue weighted by atomic mass is 32.1. The molecule has 0 spiro atoms. The van der Waals surface area contributed by atoms with Gasteiger partial charge in [0.2, 0.25) is 0 Å². The number of esters is 2. The first-order valence-corrected chi connectivity index (χ1v) is 14.7. The van der Waals surface area contributed by atoms with Gasteiger partial charge in [0.05, 0.1) is 32.4 Å². The molecular weight excluding hydrogens is 604 g/mol. The zero-order valence-electron chi connectivity index (χ0n) is 24.3. The van der Waals surface area contributed by atoms with Crippen LogP contribution in [0.1, 0.15) is 35.0 Å². The molecule has 0 aliphatic carbocycles. The van der Waals surface area contributed by atoms with Crippen LogP contribution in [0.3, 0.4) is 0 Å². The fourth-order valence-corrected chi connectivity index (χ4v) is 6.00. The number of carbonyl (C=O) groups is 3. The van der Waals surface area contributed by atoms with Gasteiger partial charge in [0.25, 0.3) is 0 Å². The number of para-hydroxylation sites is 1. The Balaban J connectivity index is 0.000000203. The lowest BCUT2D eigenvalue weighted by atomic mass is 9.83. The predicted octanol–water partition coefficient (Wildman–Crippen LogP) is 5.12. The van der Waals surface area contributed by atoms with Crippen molar-refractivity contribution < 1.29 is 51.0 Å². The fraction of sp³-hybridized carbons (Fsp3) is 0.387. The molecule has 3 saturated heterocycles. The lowest BCUT2D eigenvalue weighted by molar-refractivity contribution is -0.946. The molecule has 1 N–H and O–H groups in total. The third-order valence-electron chi connectivity index (χ3n) is 7.47. The van der Waals surface area contributed by atoms with Crippen LogP contribution in [0.5, 0.6) is 0 Å². The van der Waals surface area contributed by atoms with Crippen molar-refractivity contribution in [1.29, 1.82) is 0 Å². The van der Waals surface area contributed by atoms with Crippen molar-refractivity contribution in [2.75, 3.05) is 38.6 Å². The van der Waals surface area contributed by atoms with Crippen molar-refractivity contribution in [2.24, 2.45) is 5.92 Å². The topological polar surface area (TPSA) is 105 Å². The zero-order valence-corrected chi connectivity index (χ0v) is 25.1. The maximum Gasteiger partial charge on any atom is 0.430 e. The van der Waals surface area contributed by atoms with Gasteiger partial charge in [-0.3, -0.25) is 4.79 Å². The number of rotatable bonds is 7. The van der Waals surface area contributed by atoms with Gasteiger partial charge in [0.1, 0.15) is 23.2 Å². The van der Waals surface area contributed by atoms with Gasteiger partial charge in [0, 0.05) is 37.8 Å². The molecule has 3 fully saturated rings. The third kappa shape index (κ3) is 10.3. The van der Waals surface area contributed by atoms with Crippen molar-refractivity contribution in [3.8, 4) is 0 Å². The largest absolute Gasteiger partial charge is 0.542 e. The number of alkyl halides is 3. The first-order valence-electron chi connectivity index (χ1n) is 13.8. The van der Waals surface area contributed by atoms with Crippen LogP contribution in [-0.2, 0) is 25.5 Å². The van der Waals surface area contributed by atoms with Crippen LogP contribution >= 0.6 is 11.3 Å². The van der Waals surface area contributed by atoms with Gasteiger partial charge in [-0.1, -0.05) is 30.3 Å². The molecule has 0 radical (unpaired) electrons. The van der Waals surface area contributed by atoms with E-state index in [2.05, 4.69) is 5.32 Å². The summed E-state index contributed by atoms with van der Waals surface area (Å²) in [4.78, 5) is 32.0. The Labute approximate surface area is 256 Å². The number of thiophene rings is 1. The van der Waals surface area contributed by atoms with E-state index < -0.39 is 12.1 Å². The molecule has 3 aliphatic rings. The van der Waals surface area contributed by atoms with Crippen LogP contribution in [0.2, 0.25) is 0 Å². The first kappa shape index (κ1) is 34.5. The summed E-state index contributed by atoms with van der Waals surface area (Å²) >= 11 is 1.36. The number of quaternary nitrogens is 1. The van der Waals surface area contributed by atoms with Crippen LogP contribution in [0, 0.1) is 11.7 Å². The monoisotopic (exact) mass is 638 g/mol. The van der Waals surface area contributed by atoms with E-state index in [1.807, 2.05) is 53.9 Å². The van der Waals surface area contributed by atoms with Crippen molar-refractivity contribution >= 4 is 40.6 Å².